The Bertz CT molecular complexity index is 1190. The summed E-state index contributed by atoms with van der Waals surface area (Å²) in [5.41, 5.74) is 1.73. The maximum absolute atomic E-state index is 13.5. The number of unbranched alkanes of at least 4 members (excludes halogenated alkanes) is 3. The van der Waals surface area contributed by atoms with Gasteiger partial charge in [-0.2, -0.15) is 0 Å². The second kappa shape index (κ2) is 14.0. The van der Waals surface area contributed by atoms with Crippen molar-refractivity contribution in [3.63, 3.8) is 0 Å². The van der Waals surface area contributed by atoms with E-state index in [0.29, 0.717) is 35.3 Å². The lowest BCUT2D eigenvalue weighted by Crippen LogP contribution is -2.37. The molecule has 2 aliphatic rings. The number of carbonyl (C=O) groups excluding carboxylic acids is 3. The zero-order valence-electron chi connectivity index (χ0n) is 26.8. The Morgan fingerprint density at radius 1 is 1.07 bits per heavy atom. The van der Waals surface area contributed by atoms with Crippen molar-refractivity contribution >= 4 is 29.6 Å². The Labute approximate surface area is 251 Å². The maximum Gasteiger partial charge on any atom is 0.414 e. The van der Waals surface area contributed by atoms with Crippen molar-refractivity contribution in [1.29, 1.82) is 0 Å². The summed E-state index contributed by atoms with van der Waals surface area (Å²) in [5, 5.41) is 0. The number of fused-ring (bicyclic) bond motifs is 2. The normalized spacial score (nSPS) is 25.9. The number of carbonyl (C=O) groups is 3. The zero-order valence-corrected chi connectivity index (χ0v) is 26.8. The predicted octanol–water partition coefficient (Wildman–Crippen LogP) is 7.56. The number of hydrogen-bond donors (Lipinski definition) is 0. The molecule has 0 saturated carbocycles. The van der Waals surface area contributed by atoms with Crippen LogP contribution in [0, 0.1) is 12.8 Å². The third-order valence-corrected chi connectivity index (χ3v) is 7.44. The molecule has 232 valence electrons. The number of esters is 1. The first-order valence-corrected chi connectivity index (χ1v) is 15.2. The van der Waals surface area contributed by atoms with E-state index in [2.05, 4.69) is 6.92 Å². The predicted molar refractivity (Wildman–Crippen MR) is 165 cm³/mol. The molecule has 8 heteroatoms. The van der Waals surface area contributed by atoms with E-state index in [4.69, 9.17) is 18.9 Å². The smallest absolute Gasteiger partial charge is 0.414 e. The molecule has 8 nitrogen and oxygen atoms in total. The molecule has 2 aliphatic heterocycles. The number of hydrogen-bond acceptors (Lipinski definition) is 7. The van der Waals surface area contributed by atoms with E-state index in [1.54, 1.807) is 24.8 Å². The van der Waals surface area contributed by atoms with Gasteiger partial charge >= 0.3 is 12.1 Å². The maximum atomic E-state index is 13.5. The van der Waals surface area contributed by atoms with Crippen LogP contribution in [0.25, 0.3) is 6.08 Å². The van der Waals surface area contributed by atoms with E-state index in [-0.39, 0.29) is 11.7 Å². The average molecular weight is 584 g/mol. The SMILES string of the molecule is CCCCCCN(C(=O)OC(C)(C)C)c1cc(C)c2c(c1)/C=C/C[C@@H]1OC(C)(C)O[C@@H]1C(=O)/C=C\[C@@H](C)[C@H](C)OC2=O. The van der Waals surface area contributed by atoms with E-state index < -0.39 is 41.8 Å². The summed E-state index contributed by atoms with van der Waals surface area (Å²) in [6, 6.07) is 3.68. The lowest BCUT2D eigenvalue weighted by molar-refractivity contribution is -0.152. The molecule has 0 spiro atoms. The molecule has 3 rings (SSSR count). The van der Waals surface area contributed by atoms with E-state index in [0.717, 1.165) is 25.7 Å². The van der Waals surface area contributed by atoms with Crippen LogP contribution < -0.4 is 4.90 Å². The van der Waals surface area contributed by atoms with Gasteiger partial charge in [-0.15, -0.1) is 0 Å². The first-order valence-electron chi connectivity index (χ1n) is 15.2. The number of ketones is 1. The fraction of sp³-hybridized carbons (Fsp3) is 0.618. The molecule has 1 amide bonds. The van der Waals surface area contributed by atoms with E-state index in [1.165, 1.54) is 6.08 Å². The number of ether oxygens (including phenoxy) is 4. The van der Waals surface area contributed by atoms with Gasteiger partial charge in [-0.05, 0) is 90.6 Å². The van der Waals surface area contributed by atoms with Gasteiger partial charge in [0.2, 0.25) is 0 Å². The third kappa shape index (κ3) is 9.01. The molecule has 42 heavy (non-hydrogen) atoms. The minimum Gasteiger partial charge on any atom is -0.458 e. The number of aryl methyl sites for hydroxylation is 1. The summed E-state index contributed by atoms with van der Waals surface area (Å²) in [7, 11) is 0. The molecule has 0 radical (unpaired) electrons. The number of benzene rings is 1. The zero-order chi connectivity index (χ0) is 31.2. The first-order chi connectivity index (χ1) is 19.6. The van der Waals surface area contributed by atoms with Gasteiger partial charge in [0, 0.05) is 18.2 Å². The monoisotopic (exact) mass is 583 g/mol. The average Bonchev–Trinajstić information content (AvgIpc) is 3.19. The summed E-state index contributed by atoms with van der Waals surface area (Å²) < 4.78 is 23.7. The largest absolute Gasteiger partial charge is 0.458 e. The highest BCUT2D eigenvalue weighted by molar-refractivity contribution is 5.98. The van der Waals surface area contributed by atoms with E-state index in [1.807, 2.05) is 65.8 Å². The van der Waals surface area contributed by atoms with Crippen molar-refractivity contribution in [2.45, 2.75) is 124 Å². The fourth-order valence-electron chi connectivity index (χ4n) is 5.11. The second-order valence-corrected chi connectivity index (χ2v) is 12.9. The van der Waals surface area contributed by atoms with Crippen molar-refractivity contribution in [3.8, 4) is 0 Å². The molecular formula is C34H49NO7. The van der Waals surface area contributed by atoms with Crippen LogP contribution in [0.4, 0.5) is 10.5 Å². The van der Waals surface area contributed by atoms with Crippen LogP contribution in [0.5, 0.6) is 0 Å². The van der Waals surface area contributed by atoms with Crippen molar-refractivity contribution in [3.05, 3.63) is 47.1 Å². The summed E-state index contributed by atoms with van der Waals surface area (Å²) in [6.07, 6.45) is 9.22. The molecule has 1 aromatic carbocycles. The van der Waals surface area contributed by atoms with Crippen LogP contribution in [-0.2, 0) is 23.7 Å². The van der Waals surface area contributed by atoms with Crippen molar-refractivity contribution in [2.24, 2.45) is 5.92 Å². The Hall–Kier alpha value is -2.97. The highest BCUT2D eigenvalue weighted by Crippen LogP contribution is 2.33. The van der Waals surface area contributed by atoms with Crippen molar-refractivity contribution in [1.82, 2.24) is 0 Å². The lowest BCUT2D eigenvalue weighted by atomic mass is 9.97. The summed E-state index contributed by atoms with van der Waals surface area (Å²) >= 11 is 0. The van der Waals surface area contributed by atoms with Gasteiger partial charge in [0.05, 0.1) is 11.7 Å². The highest BCUT2D eigenvalue weighted by atomic mass is 16.8. The van der Waals surface area contributed by atoms with Crippen molar-refractivity contribution < 1.29 is 33.3 Å². The van der Waals surface area contributed by atoms with Crippen LogP contribution in [-0.4, -0.2) is 54.1 Å². The summed E-state index contributed by atoms with van der Waals surface area (Å²) in [4.78, 5) is 41.6. The summed E-state index contributed by atoms with van der Waals surface area (Å²) in [5.74, 6) is -1.75. The molecule has 1 aromatic rings. The minimum atomic E-state index is -0.897. The Morgan fingerprint density at radius 3 is 2.45 bits per heavy atom. The molecule has 0 aromatic heterocycles. The third-order valence-electron chi connectivity index (χ3n) is 7.44. The van der Waals surface area contributed by atoms with Crippen LogP contribution >= 0.6 is 0 Å². The number of cyclic esters (lactones) is 1. The number of nitrogens with zero attached hydrogens (tertiary/aromatic N) is 1. The minimum absolute atomic E-state index is 0.184. The standard InChI is InChI=1S/C34H49NO7/c1-10-11-12-13-19-35(32(38)42-33(5,6)7)26-20-23(3)29-25(21-26)15-14-16-28-30(41-34(8,9)40-28)27(36)18-17-22(2)24(4)39-31(29)37/h14-15,17-18,20-22,24,28,30H,10-13,16,19H2,1-9H3/b15-14+,18-17-/t22-,24+,28+,30-/m1/s1. The van der Waals surface area contributed by atoms with Crippen LogP contribution in [0.2, 0.25) is 0 Å². The van der Waals surface area contributed by atoms with Gasteiger partial charge in [-0.3, -0.25) is 9.69 Å². The van der Waals surface area contributed by atoms with Gasteiger partial charge in [0.15, 0.2) is 11.6 Å². The topological polar surface area (TPSA) is 91.4 Å². The number of anilines is 1. The van der Waals surface area contributed by atoms with Gasteiger partial charge in [0.1, 0.15) is 17.8 Å². The second-order valence-electron chi connectivity index (χ2n) is 12.9. The first kappa shape index (κ1) is 33.5. The van der Waals surface area contributed by atoms with Gasteiger partial charge in [-0.25, -0.2) is 9.59 Å². The van der Waals surface area contributed by atoms with Gasteiger partial charge in [0.25, 0.3) is 0 Å². The molecule has 2 heterocycles. The van der Waals surface area contributed by atoms with Crippen LogP contribution in [0.3, 0.4) is 0 Å². The van der Waals surface area contributed by atoms with E-state index in [9.17, 15) is 14.4 Å². The molecule has 0 unspecified atom stereocenters. The highest BCUT2D eigenvalue weighted by Gasteiger charge is 2.43. The number of rotatable bonds is 6. The van der Waals surface area contributed by atoms with Crippen LogP contribution in [0.1, 0.15) is 109 Å². The molecule has 1 saturated heterocycles. The molecular weight excluding hydrogens is 534 g/mol. The Morgan fingerprint density at radius 2 is 1.79 bits per heavy atom. The van der Waals surface area contributed by atoms with E-state index >= 15 is 0 Å². The Balaban J connectivity index is 2.07. The van der Waals surface area contributed by atoms with Gasteiger partial charge < -0.3 is 18.9 Å². The van der Waals surface area contributed by atoms with Gasteiger partial charge in [-0.1, -0.05) is 51.3 Å². The lowest BCUT2D eigenvalue weighted by Gasteiger charge is -2.28. The Kier molecular flexibility index (Phi) is 11.2. The molecule has 0 bridgehead atoms. The van der Waals surface area contributed by atoms with Crippen molar-refractivity contribution in [2.75, 3.05) is 11.4 Å². The molecule has 0 N–H and O–H groups in total. The quantitative estimate of drug-likeness (QED) is 0.252. The molecule has 0 aliphatic carbocycles. The fourth-order valence-corrected chi connectivity index (χ4v) is 5.11. The van der Waals surface area contributed by atoms with Crippen LogP contribution in [0.15, 0.2) is 30.4 Å². The summed E-state index contributed by atoms with van der Waals surface area (Å²) in [6.45, 7) is 17.3. The molecule has 1 fully saturated rings. The molecule has 4 atom stereocenters. The number of amides is 1.